The molecule has 0 bridgehead atoms. The van der Waals surface area contributed by atoms with Gasteiger partial charge in [0.1, 0.15) is 10.5 Å². The average molecular weight is 315 g/mol. The summed E-state index contributed by atoms with van der Waals surface area (Å²) in [4.78, 5) is 2.64. The van der Waals surface area contributed by atoms with Gasteiger partial charge in [-0.15, -0.1) is 23.2 Å². The van der Waals surface area contributed by atoms with Gasteiger partial charge in [-0.2, -0.15) is 13.2 Å². The molecule has 1 heterocycles. The van der Waals surface area contributed by atoms with Gasteiger partial charge in [0.15, 0.2) is 0 Å². The van der Waals surface area contributed by atoms with Crippen LogP contribution in [-0.2, 0) is 6.18 Å². The maximum atomic E-state index is 12.6. The third-order valence-corrected chi connectivity index (χ3v) is 3.11. The normalized spacial score (nSPS) is 12.4. The molecule has 0 spiro atoms. The summed E-state index contributed by atoms with van der Waals surface area (Å²) in [6.45, 7) is 0. The zero-order valence-electron chi connectivity index (χ0n) is 8.60. The highest BCUT2D eigenvalue weighted by molar-refractivity contribution is 6.45. The van der Waals surface area contributed by atoms with E-state index in [-0.39, 0.29) is 10.5 Å². The lowest BCUT2D eigenvalue weighted by Gasteiger charge is -2.11. The average Bonchev–Trinajstić information content (AvgIpc) is 2.26. The van der Waals surface area contributed by atoms with Crippen LogP contribution >= 0.6 is 34.8 Å². The van der Waals surface area contributed by atoms with E-state index in [1.54, 1.807) is 6.07 Å². The molecule has 0 fully saturated rings. The molecule has 1 nitrogen and oxygen atoms in total. The van der Waals surface area contributed by atoms with Crippen molar-refractivity contribution in [2.24, 2.45) is 0 Å². The van der Waals surface area contributed by atoms with Crippen LogP contribution in [0.3, 0.4) is 0 Å². The fourth-order valence-corrected chi connectivity index (χ4v) is 2.27. The number of aromatic nitrogens is 1. The van der Waals surface area contributed by atoms with Crippen molar-refractivity contribution in [2.45, 2.75) is 11.0 Å². The van der Waals surface area contributed by atoms with Crippen LogP contribution < -0.4 is 0 Å². The molecule has 0 aliphatic heterocycles. The molecule has 0 radical (unpaired) electrons. The predicted molar refractivity (Wildman–Crippen MR) is 66.2 cm³/mol. The molecule has 2 rings (SSSR count). The van der Waals surface area contributed by atoms with Crippen LogP contribution in [0.25, 0.3) is 10.9 Å². The Balaban J connectivity index is 2.77. The summed E-state index contributed by atoms with van der Waals surface area (Å²) in [5.41, 5.74) is -0.501. The molecule has 1 aromatic heterocycles. The van der Waals surface area contributed by atoms with Crippen molar-refractivity contribution in [2.75, 3.05) is 0 Å². The van der Waals surface area contributed by atoms with Crippen LogP contribution in [0.15, 0.2) is 24.3 Å². The number of alkyl halides is 5. The Morgan fingerprint density at radius 3 is 2.39 bits per heavy atom. The van der Waals surface area contributed by atoms with Crippen molar-refractivity contribution < 1.29 is 13.2 Å². The van der Waals surface area contributed by atoms with Gasteiger partial charge in [0.05, 0.1) is 10.5 Å². The standard InChI is InChI=1S/C11H5Cl3F3N/c12-6-4-8(11(15,16)17)18-7-3-1-2-5(9(6)7)10(13)14/h1-4,10H. The molecule has 2 aromatic rings. The number of benzene rings is 1. The Hall–Kier alpha value is -0.710. The largest absolute Gasteiger partial charge is 0.433 e. The van der Waals surface area contributed by atoms with Gasteiger partial charge in [0.2, 0.25) is 0 Å². The number of hydrogen-bond donors (Lipinski definition) is 0. The summed E-state index contributed by atoms with van der Waals surface area (Å²) in [5, 5.41) is 0.261. The fraction of sp³-hybridized carbons (Fsp3) is 0.182. The Bertz CT molecular complexity index is 596. The van der Waals surface area contributed by atoms with Crippen LogP contribution in [0.2, 0.25) is 5.02 Å². The second-order valence-electron chi connectivity index (χ2n) is 3.53. The summed E-state index contributed by atoms with van der Waals surface area (Å²) >= 11 is 17.3. The summed E-state index contributed by atoms with van der Waals surface area (Å²) in [6.07, 6.45) is -4.55. The minimum absolute atomic E-state index is 0.0748. The SMILES string of the molecule is FC(F)(F)c1cc(Cl)c2c(C(Cl)Cl)cccc2n1. The first-order chi connectivity index (χ1) is 8.30. The van der Waals surface area contributed by atoms with E-state index in [0.717, 1.165) is 6.07 Å². The quantitative estimate of drug-likeness (QED) is 0.644. The minimum Gasteiger partial charge on any atom is -0.243 e. The van der Waals surface area contributed by atoms with E-state index >= 15 is 0 Å². The van der Waals surface area contributed by atoms with Crippen LogP contribution in [0, 0.1) is 0 Å². The smallest absolute Gasteiger partial charge is 0.243 e. The van der Waals surface area contributed by atoms with Gasteiger partial charge in [-0.1, -0.05) is 23.7 Å². The molecule has 0 saturated carbocycles. The lowest BCUT2D eigenvalue weighted by atomic mass is 10.1. The Kier molecular flexibility index (Phi) is 3.63. The lowest BCUT2D eigenvalue weighted by Crippen LogP contribution is -2.08. The molecule has 0 N–H and O–H groups in total. The zero-order chi connectivity index (χ0) is 13.5. The molecule has 7 heteroatoms. The first kappa shape index (κ1) is 13.7. The van der Waals surface area contributed by atoms with Crippen molar-refractivity contribution in [3.05, 3.63) is 40.5 Å². The monoisotopic (exact) mass is 313 g/mol. The van der Waals surface area contributed by atoms with Gasteiger partial charge in [-0.25, -0.2) is 4.98 Å². The van der Waals surface area contributed by atoms with Crippen molar-refractivity contribution in [3.63, 3.8) is 0 Å². The molecular formula is C11H5Cl3F3N. The van der Waals surface area contributed by atoms with Crippen molar-refractivity contribution in [1.29, 1.82) is 0 Å². The third kappa shape index (κ3) is 2.51. The van der Waals surface area contributed by atoms with E-state index in [0.29, 0.717) is 10.9 Å². The molecule has 96 valence electrons. The molecule has 0 unspecified atom stereocenters. The zero-order valence-corrected chi connectivity index (χ0v) is 10.9. The summed E-state index contributed by atoms with van der Waals surface area (Å²) in [5.74, 6) is 0. The van der Waals surface area contributed by atoms with E-state index < -0.39 is 16.7 Å². The highest BCUT2D eigenvalue weighted by atomic mass is 35.5. The van der Waals surface area contributed by atoms with Crippen LogP contribution in [0.4, 0.5) is 13.2 Å². The summed E-state index contributed by atoms with van der Waals surface area (Å²) < 4.78 is 37.7. The second-order valence-corrected chi connectivity index (χ2v) is 5.03. The van der Waals surface area contributed by atoms with E-state index in [4.69, 9.17) is 34.8 Å². The molecule has 0 aliphatic rings. The van der Waals surface area contributed by atoms with E-state index in [1.165, 1.54) is 12.1 Å². The number of nitrogens with zero attached hydrogens (tertiary/aromatic N) is 1. The van der Waals surface area contributed by atoms with Crippen molar-refractivity contribution >= 4 is 45.7 Å². The maximum absolute atomic E-state index is 12.6. The second kappa shape index (κ2) is 4.76. The fourth-order valence-electron chi connectivity index (χ4n) is 1.59. The number of halogens is 6. The van der Waals surface area contributed by atoms with E-state index in [1.807, 2.05) is 0 Å². The third-order valence-electron chi connectivity index (χ3n) is 2.34. The van der Waals surface area contributed by atoms with Gasteiger partial charge in [-0.05, 0) is 17.7 Å². The Morgan fingerprint density at radius 1 is 1.17 bits per heavy atom. The van der Waals surface area contributed by atoms with Crippen molar-refractivity contribution in [1.82, 2.24) is 4.98 Å². The van der Waals surface area contributed by atoms with Crippen LogP contribution in [0.1, 0.15) is 16.1 Å². The number of rotatable bonds is 1. The minimum atomic E-state index is -4.55. The highest BCUT2D eigenvalue weighted by Crippen LogP contribution is 2.37. The molecule has 18 heavy (non-hydrogen) atoms. The number of fused-ring (bicyclic) bond motifs is 1. The van der Waals surface area contributed by atoms with Gasteiger partial charge < -0.3 is 0 Å². The van der Waals surface area contributed by atoms with Gasteiger partial charge in [-0.3, -0.25) is 0 Å². The number of pyridine rings is 1. The van der Waals surface area contributed by atoms with Gasteiger partial charge in [0.25, 0.3) is 0 Å². The Labute approximate surface area is 115 Å². The summed E-state index contributed by atoms with van der Waals surface area (Å²) in [6, 6.07) is 5.31. The molecule has 1 aromatic carbocycles. The van der Waals surface area contributed by atoms with Crippen LogP contribution in [-0.4, -0.2) is 4.98 Å². The summed E-state index contributed by atoms with van der Waals surface area (Å²) in [7, 11) is 0. The molecule has 0 saturated heterocycles. The maximum Gasteiger partial charge on any atom is 0.433 e. The molecule has 0 aliphatic carbocycles. The highest BCUT2D eigenvalue weighted by Gasteiger charge is 2.33. The van der Waals surface area contributed by atoms with Crippen molar-refractivity contribution in [3.8, 4) is 0 Å². The molecule has 0 amide bonds. The number of hydrogen-bond acceptors (Lipinski definition) is 1. The lowest BCUT2D eigenvalue weighted by molar-refractivity contribution is -0.140. The van der Waals surface area contributed by atoms with Gasteiger partial charge >= 0.3 is 6.18 Å². The van der Waals surface area contributed by atoms with E-state index in [2.05, 4.69) is 4.98 Å². The Morgan fingerprint density at radius 2 is 1.83 bits per heavy atom. The first-order valence-corrected chi connectivity index (χ1v) is 6.00. The van der Waals surface area contributed by atoms with E-state index in [9.17, 15) is 13.2 Å². The first-order valence-electron chi connectivity index (χ1n) is 4.75. The van der Waals surface area contributed by atoms with Gasteiger partial charge in [0, 0.05) is 5.39 Å². The molecule has 0 atom stereocenters. The van der Waals surface area contributed by atoms with Crippen LogP contribution in [0.5, 0.6) is 0 Å². The molecular weight excluding hydrogens is 309 g/mol. The predicted octanol–water partition coefficient (Wildman–Crippen LogP) is 5.38. The topological polar surface area (TPSA) is 12.9 Å².